The molecule has 2 aliphatic rings. The van der Waals surface area contributed by atoms with E-state index in [1.54, 1.807) is 0 Å². The second-order valence-electron chi connectivity index (χ2n) is 14.1. The number of hydrogen-bond acceptors (Lipinski definition) is 5. The van der Waals surface area contributed by atoms with E-state index in [1.165, 1.54) is 0 Å². The number of carboxylic acids is 3. The number of allylic oxidation sites excluding steroid dienone is 4. The maximum Gasteiger partial charge on any atom is 2.00 e. The quantitative estimate of drug-likeness (QED) is 0.0952. The van der Waals surface area contributed by atoms with Crippen molar-refractivity contribution < 1.29 is 49.2 Å². The molecule has 6 heterocycles. The van der Waals surface area contributed by atoms with E-state index in [9.17, 15) is 29.7 Å². The molecule has 1 aromatic carbocycles. The summed E-state index contributed by atoms with van der Waals surface area (Å²) < 4.78 is 0. The minimum Gasteiger partial charge on any atom is -0.657 e. The van der Waals surface area contributed by atoms with Gasteiger partial charge in [-0.3, -0.25) is 14.4 Å². The third-order valence-electron chi connectivity index (χ3n) is 10.8. The molecule has 0 amide bonds. The van der Waals surface area contributed by atoms with Crippen LogP contribution < -0.4 is 9.97 Å². The van der Waals surface area contributed by atoms with Gasteiger partial charge in [-0.15, -0.1) is 22.1 Å². The molecular weight excluding hydrogens is 748 g/mol. The minimum atomic E-state index is -0.939. The number of benzene rings is 1. The number of fused-ring (bicyclic) bond motifs is 9. The Kier molecular flexibility index (Phi) is 11.1. The molecule has 4 aromatic heterocycles. The normalized spacial score (nSPS) is 13.3. The van der Waals surface area contributed by atoms with E-state index in [0.717, 1.165) is 72.4 Å². The first kappa shape index (κ1) is 39.1. The van der Waals surface area contributed by atoms with Crippen LogP contribution in [0.25, 0.3) is 55.3 Å². The number of carboxylic acid groups (broad SMARTS) is 3. The molecule has 0 radical (unpaired) electrons. The van der Waals surface area contributed by atoms with Crippen molar-refractivity contribution in [2.75, 3.05) is 0 Å². The fourth-order valence-electron chi connectivity index (χ4n) is 7.83. The Morgan fingerprint density at radius 2 is 1.16 bits per heavy atom. The molecule has 0 saturated carbocycles. The molecule has 1 atom stereocenters. The molecular formula is C43H41N5O6Zn. The Morgan fingerprint density at radius 1 is 0.673 bits per heavy atom. The van der Waals surface area contributed by atoms with E-state index in [1.807, 2.05) is 63.4 Å². The predicted octanol–water partition coefficient (Wildman–Crippen LogP) is 8.23. The molecule has 8 bridgehead atoms. The van der Waals surface area contributed by atoms with Gasteiger partial charge in [0.25, 0.3) is 0 Å². The van der Waals surface area contributed by atoms with E-state index >= 15 is 0 Å². The Morgan fingerprint density at radius 3 is 1.76 bits per heavy atom. The Hall–Kier alpha value is -5.61. The number of aliphatic carboxylic acids is 3. The first-order valence-electron chi connectivity index (χ1n) is 18.1. The average Bonchev–Trinajstić information content (AvgIpc) is 3.89. The monoisotopic (exact) mass is 787 g/mol. The summed E-state index contributed by atoms with van der Waals surface area (Å²) in [6, 6.07) is 15.8. The Balaban J connectivity index is 0.00000514. The molecule has 7 rings (SSSR count). The second-order valence-corrected chi connectivity index (χ2v) is 14.1. The van der Waals surface area contributed by atoms with E-state index in [0.29, 0.717) is 33.5 Å². The number of nitrogens with zero attached hydrogens (tertiary/aromatic N) is 4. The van der Waals surface area contributed by atoms with Crippen LogP contribution in [0.4, 0.5) is 0 Å². The van der Waals surface area contributed by atoms with Crippen molar-refractivity contribution in [1.82, 2.24) is 24.9 Å². The molecule has 5 aromatic rings. The van der Waals surface area contributed by atoms with Crippen LogP contribution in [0.5, 0.6) is 0 Å². The van der Waals surface area contributed by atoms with Crippen molar-refractivity contribution in [2.45, 2.75) is 79.1 Å². The molecule has 0 spiro atoms. The maximum absolute atomic E-state index is 11.8. The summed E-state index contributed by atoms with van der Waals surface area (Å²) in [5, 5.41) is 30.0. The molecule has 2 aliphatic heterocycles. The average molecular weight is 789 g/mol. The van der Waals surface area contributed by atoms with Crippen LogP contribution in [0.15, 0.2) is 54.7 Å². The molecule has 11 nitrogen and oxygen atoms in total. The van der Waals surface area contributed by atoms with Crippen LogP contribution >= 0.6 is 0 Å². The molecule has 0 saturated heterocycles. The van der Waals surface area contributed by atoms with Crippen molar-refractivity contribution in [3.8, 4) is 0 Å². The van der Waals surface area contributed by atoms with Crippen molar-refractivity contribution in [3.63, 3.8) is 0 Å². The number of aryl methyl sites for hydroxylation is 4. The van der Waals surface area contributed by atoms with Gasteiger partial charge < -0.3 is 30.3 Å². The number of H-pyrrole nitrogens is 1. The van der Waals surface area contributed by atoms with E-state index in [-0.39, 0.29) is 63.9 Å². The van der Waals surface area contributed by atoms with Crippen molar-refractivity contribution >= 4 is 73.2 Å². The summed E-state index contributed by atoms with van der Waals surface area (Å²) in [6.45, 7) is 10.0. The first-order chi connectivity index (χ1) is 25.8. The van der Waals surface area contributed by atoms with Gasteiger partial charge in [0.15, 0.2) is 0 Å². The third-order valence-corrected chi connectivity index (χ3v) is 10.8. The Labute approximate surface area is 330 Å². The van der Waals surface area contributed by atoms with E-state index < -0.39 is 17.9 Å². The fourth-order valence-corrected chi connectivity index (χ4v) is 7.83. The molecule has 55 heavy (non-hydrogen) atoms. The molecule has 0 fully saturated rings. The standard InChI is InChI=1S/C43H43N5O6.Zn/c1-21-27(11-14-41(51)52)37-19-38-28(12-15-42(53)54)22(2)33(46-38)17-36-26(10-13-40(49)50)23(3)34(47-36)18-39-43(25(5)35(48-39)16-32(21)45-37)24(4)30-20-44-31-9-7-6-8-29(30)31;/h6-9,16-20,24,44H,10-15H2,1-5H3,(H5,45,46,47,48,49,50,51,52,53,54);/q;+2/p-2. The van der Waals surface area contributed by atoms with Gasteiger partial charge in [-0.05, 0) is 80.9 Å². The van der Waals surface area contributed by atoms with Crippen molar-refractivity contribution in [3.05, 3.63) is 105 Å². The van der Waals surface area contributed by atoms with Crippen LogP contribution in [-0.4, -0.2) is 48.2 Å². The van der Waals surface area contributed by atoms with Crippen LogP contribution in [-0.2, 0) is 46.7 Å². The molecule has 4 N–H and O–H groups in total. The van der Waals surface area contributed by atoms with Crippen LogP contribution in [0.3, 0.4) is 0 Å². The number of para-hydroxylation sites is 1. The summed E-state index contributed by atoms with van der Waals surface area (Å²) in [6.07, 6.45) is 2.50. The van der Waals surface area contributed by atoms with Crippen molar-refractivity contribution in [2.24, 2.45) is 0 Å². The SMILES string of the molecule is CC1=C(CCC(=O)O)c2cc3[n-]c(cc4nc(cc5[n-]c(cc1n2)c(CCC(=O)O)c5C)C(C(C)c1c[nH]c2ccccc12)=C4C)c(C)c3CCC(=O)O.[Zn+2]. The summed E-state index contributed by atoms with van der Waals surface area (Å²) in [4.78, 5) is 59.0. The Bertz CT molecular complexity index is 2620. The summed E-state index contributed by atoms with van der Waals surface area (Å²) in [5.74, 6) is -2.85. The minimum absolute atomic E-state index is 0. The number of hydrogen-bond donors (Lipinski definition) is 4. The largest absolute Gasteiger partial charge is 2.00 e. The zero-order valence-corrected chi connectivity index (χ0v) is 34.5. The van der Waals surface area contributed by atoms with Crippen LogP contribution in [0, 0.1) is 13.8 Å². The molecule has 1 unspecified atom stereocenters. The third kappa shape index (κ3) is 7.56. The summed E-state index contributed by atoms with van der Waals surface area (Å²) >= 11 is 0. The summed E-state index contributed by atoms with van der Waals surface area (Å²) in [7, 11) is 0. The van der Waals surface area contributed by atoms with Crippen LogP contribution in [0.1, 0.15) is 103 Å². The number of rotatable bonds is 11. The van der Waals surface area contributed by atoms with Crippen LogP contribution in [0.2, 0.25) is 0 Å². The zero-order valence-electron chi connectivity index (χ0n) is 31.6. The topological polar surface area (TPSA) is 182 Å². The fraction of sp³-hybridized carbons (Fsp3) is 0.279. The second kappa shape index (κ2) is 15.6. The van der Waals surface area contributed by atoms with Gasteiger partial charge in [0.05, 0.1) is 22.8 Å². The molecule has 12 heteroatoms. The number of carbonyl (C=O) groups is 3. The summed E-state index contributed by atoms with van der Waals surface area (Å²) in [5.41, 5.74) is 14.1. The van der Waals surface area contributed by atoms with E-state index in [4.69, 9.17) is 19.9 Å². The van der Waals surface area contributed by atoms with Gasteiger partial charge in [-0.2, -0.15) is 0 Å². The number of aromatic nitrogens is 5. The predicted molar refractivity (Wildman–Crippen MR) is 209 cm³/mol. The molecule has 276 valence electrons. The number of aromatic amines is 1. The van der Waals surface area contributed by atoms with Gasteiger partial charge >= 0.3 is 37.4 Å². The van der Waals surface area contributed by atoms with Gasteiger partial charge in [0.1, 0.15) is 0 Å². The smallest absolute Gasteiger partial charge is 0.657 e. The van der Waals surface area contributed by atoms with Gasteiger partial charge in [-0.1, -0.05) is 71.6 Å². The van der Waals surface area contributed by atoms with Gasteiger partial charge in [-0.25, -0.2) is 9.97 Å². The maximum atomic E-state index is 11.8. The van der Waals surface area contributed by atoms with E-state index in [2.05, 4.69) is 31.0 Å². The number of nitrogens with one attached hydrogen (secondary N) is 1. The van der Waals surface area contributed by atoms with Gasteiger partial charge in [0.2, 0.25) is 0 Å². The van der Waals surface area contributed by atoms with Crippen molar-refractivity contribution in [1.29, 1.82) is 0 Å². The zero-order chi connectivity index (χ0) is 38.4. The molecule has 0 aliphatic carbocycles. The van der Waals surface area contributed by atoms with Gasteiger partial charge in [0, 0.05) is 42.3 Å². The first-order valence-corrected chi connectivity index (χ1v) is 18.1.